The maximum atomic E-state index is 4.56. The highest BCUT2D eigenvalue weighted by atomic mass is 32.1. The van der Waals surface area contributed by atoms with E-state index in [2.05, 4.69) is 73.0 Å². The molecule has 0 radical (unpaired) electrons. The summed E-state index contributed by atoms with van der Waals surface area (Å²) in [6, 6.07) is 20.9. The van der Waals surface area contributed by atoms with Gasteiger partial charge in [-0.1, -0.05) is 48.5 Å². The molecule has 0 N–H and O–H groups in total. The van der Waals surface area contributed by atoms with E-state index in [4.69, 9.17) is 0 Å². The van der Waals surface area contributed by atoms with Crippen molar-refractivity contribution >= 4 is 18.3 Å². The van der Waals surface area contributed by atoms with Crippen LogP contribution in [0.25, 0.3) is 0 Å². The van der Waals surface area contributed by atoms with Gasteiger partial charge in [-0.05, 0) is 24.6 Å². The lowest BCUT2D eigenvalue weighted by Gasteiger charge is -2.28. The van der Waals surface area contributed by atoms with Crippen LogP contribution in [0.3, 0.4) is 0 Å². The van der Waals surface area contributed by atoms with Crippen molar-refractivity contribution < 1.29 is 0 Å². The summed E-state index contributed by atoms with van der Waals surface area (Å²) in [5.74, 6) is 0. The molecule has 0 heterocycles. The van der Waals surface area contributed by atoms with Gasteiger partial charge >= 0.3 is 0 Å². The summed E-state index contributed by atoms with van der Waals surface area (Å²) in [6.45, 7) is 2.98. The van der Waals surface area contributed by atoms with Gasteiger partial charge in [-0.15, -0.1) is 0 Å². The zero-order chi connectivity index (χ0) is 12.1. The zero-order valence-electron chi connectivity index (χ0n) is 9.95. The van der Waals surface area contributed by atoms with Crippen molar-refractivity contribution in [2.24, 2.45) is 0 Å². The van der Waals surface area contributed by atoms with E-state index in [0.29, 0.717) is 0 Å². The van der Waals surface area contributed by atoms with Crippen molar-refractivity contribution in [1.29, 1.82) is 0 Å². The Bertz CT molecular complexity index is 439. The predicted octanol–water partition coefficient (Wildman–Crippen LogP) is 3.97. The normalized spacial score (nSPS) is 12.1. The third-order valence-corrected chi connectivity index (χ3v) is 3.01. The molecule has 0 aliphatic heterocycles. The molecule has 0 spiro atoms. The Balaban J connectivity index is 2.20. The largest absolute Gasteiger partial charge is 0.356 e. The molecule has 17 heavy (non-hydrogen) atoms. The lowest BCUT2D eigenvalue weighted by Crippen LogP contribution is -2.28. The Labute approximate surface area is 108 Å². The van der Waals surface area contributed by atoms with Crippen LogP contribution in [0.1, 0.15) is 12.5 Å². The molecule has 2 heteroatoms. The van der Waals surface area contributed by atoms with Crippen LogP contribution >= 0.6 is 12.6 Å². The Hall–Kier alpha value is -1.41. The Morgan fingerprint density at radius 2 is 1.47 bits per heavy atom. The summed E-state index contributed by atoms with van der Waals surface area (Å²) in [7, 11) is 0. The van der Waals surface area contributed by atoms with Gasteiger partial charge in [0.15, 0.2) is 0 Å². The molecule has 0 aromatic heterocycles. The molecule has 0 saturated carbocycles. The molecule has 88 valence electrons. The average Bonchev–Trinajstić information content (AvgIpc) is 2.38. The van der Waals surface area contributed by atoms with Crippen LogP contribution in [-0.2, 0) is 6.54 Å². The van der Waals surface area contributed by atoms with Gasteiger partial charge in [-0.25, -0.2) is 0 Å². The summed E-state index contributed by atoms with van der Waals surface area (Å²) in [5.41, 5.74) is 2.51. The number of hydrogen-bond acceptors (Lipinski definition) is 2. The minimum Gasteiger partial charge on any atom is -0.356 e. The van der Waals surface area contributed by atoms with Gasteiger partial charge in [-0.3, -0.25) is 0 Å². The number of para-hydroxylation sites is 1. The smallest absolute Gasteiger partial charge is 0.0697 e. The predicted molar refractivity (Wildman–Crippen MR) is 77.5 cm³/mol. The zero-order valence-corrected chi connectivity index (χ0v) is 10.8. The van der Waals surface area contributed by atoms with Crippen molar-refractivity contribution in [3.63, 3.8) is 0 Å². The van der Waals surface area contributed by atoms with Crippen LogP contribution in [0.4, 0.5) is 5.69 Å². The number of benzene rings is 2. The molecule has 1 nitrogen and oxygen atoms in total. The summed E-state index contributed by atoms with van der Waals surface area (Å²) in [5, 5.41) is 0.192. The number of rotatable bonds is 4. The standard InChI is InChI=1S/C15H17NS/c1-13(17)16(15-10-6-3-7-11-15)12-14-8-4-2-5-9-14/h2-11,13,17H,12H2,1H3. The highest BCUT2D eigenvalue weighted by Gasteiger charge is 2.10. The first-order valence-corrected chi connectivity index (χ1v) is 6.32. The lowest BCUT2D eigenvalue weighted by atomic mass is 10.2. The molecule has 0 aliphatic carbocycles. The van der Waals surface area contributed by atoms with E-state index in [0.717, 1.165) is 6.54 Å². The molecular formula is C15H17NS. The molecule has 1 unspecified atom stereocenters. The summed E-state index contributed by atoms with van der Waals surface area (Å²) < 4.78 is 0. The van der Waals surface area contributed by atoms with Crippen LogP contribution in [0.15, 0.2) is 60.7 Å². The van der Waals surface area contributed by atoms with Gasteiger partial charge in [-0.2, -0.15) is 12.6 Å². The van der Waals surface area contributed by atoms with Gasteiger partial charge in [0.25, 0.3) is 0 Å². The molecular weight excluding hydrogens is 226 g/mol. The van der Waals surface area contributed by atoms with E-state index in [1.807, 2.05) is 12.1 Å². The van der Waals surface area contributed by atoms with Crippen LogP contribution in [0, 0.1) is 0 Å². The highest BCUT2D eigenvalue weighted by molar-refractivity contribution is 7.81. The van der Waals surface area contributed by atoms with Crippen molar-refractivity contribution in [2.45, 2.75) is 18.8 Å². The fraction of sp³-hybridized carbons (Fsp3) is 0.200. The number of nitrogens with zero attached hydrogens (tertiary/aromatic N) is 1. The monoisotopic (exact) mass is 243 g/mol. The number of thiol groups is 1. The first-order valence-electron chi connectivity index (χ1n) is 5.81. The summed E-state index contributed by atoms with van der Waals surface area (Å²) in [4.78, 5) is 2.28. The van der Waals surface area contributed by atoms with Gasteiger partial charge in [0.05, 0.1) is 5.37 Å². The molecule has 0 saturated heterocycles. The molecule has 0 bridgehead atoms. The second-order valence-corrected chi connectivity index (χ2v) is 4.83. The van der Waals surface area contributed by atoms with E-state index >= 15 is 0 Å². The van der Waals surface area contributed by atoms with E-state index in [1.54, 1.807) is 0 Å². The average molecular weight is 243 g/mol. The summed E-state index contributed by atoms with van der Waals surface area (Å²) >= 11 is 4.56. The SMILES string of the molecule is CC(S)N(Cc1ccccc1)c1ccccc1. The van der Waals surface area contributed by atoms with Gasteiger partial charge in [0.2, 0.25) is 0 Å². The third kappa shape index (κ3) is 3.27. The Kier molecular flexibility index (Phi) is 4.10. The van der Waals surface area contributed by atoms with E-state index in [9.17, 15) is 0 Å². The minimum atomic E-state index is 0.192. The maximum Gasteiger partial charge on any atom is 0.0697 e. The van der Waals surface area contributed by atoms with Crippen LogP contribution in [0.5, 0.6) is 0 Å². The topological polar surface area (TPSA) is 3.24 Å². The van der Waals surface area contributed by atoms with Crippen LogP contribution in [-0.4, -0.2) is 5.37 Å². The minimum absolute atomic E-state index is 0.192. The van der Waals surface area contributed by atoms with E-state index in [1.165, 1.54) is 11.3 Å². The highest BCUT2D eigenvalue weighted by Crippen LogP contribution is 2.20. The van der Waals surface area contributed by atoms with Crippen molar-refractivity contribution in [3.8, 4) is 0 Å². The van der Waals surface area contributed by atoms with Crippen LogP contribution < -0.4 is 4.90 Å². The Morgan fingerprint density at radius 1 is 0.941 bits per heavy atom. The molecule has 0 amide bonds. The molecule has 2 aromatic carbocycles. The molecule has 0 aliphatic rings. The molecule has 2 rings (SSSR count). The quantitative estimate of drug-likeness (QED) is 0.628. The van der Waals surface area contributed by atoms with Crippen molar-refractivity contribution in [3.05, 3.63) is 66.2 Å². The second kappa shape index (κ2) is 5.78. The molecule has 1 atom stereocenters. The van der Waals surface area contributed by atoms with Gasteiger partial charge < -0.3 is 4.90 Å². The van der Waals surface area contributed by atoms with Gasteiger partial charge in [0, 0.05) is 12.2 Å². The van der Waals surface area contributed by atoms with E-state index in [-0.39, 0.29) is 5.37 Å². The number of hydrogen-bond donors (Lipinski definition) is 1. The molecule has 2 aromatic rings. The summed E-state index contributed by atoms with van der Waals surface area (Å²) in [6.07, 6.45) is 0. The Morgan fingerprint density at radius 3 is 2.00 bits per heavy atom. The third-order valence-electron chi connectivity index (χ3n) is 2.73. The molecule has 0 fully saturated rings. The first kappa shape index (κ1) is 12.1. The maximum absolute atomic E-state index is 4.56. The fourth-order valence-electron chi connectivity index (χ4n) is 1.84. The van der Waals surface area contributed by atoms with Gasteiger partial charge in [0.1, 0.15) is 0 Å². The fourth-order valence-corrected chi connectivity index (χ4v) is 2.05. The van der Waals surface area contributed by atoms with Crippen molar-refractivity contribution in [2.75, 3.05) is 4.90 Å². The van der Waals surface area contributed by atoms with Crippen LogP contribution in [0.2, 0.25) is 0 Å². The lowest BCUT2D eigenvalue weighted by molar-refractivity contribution is 0.796. The second-order valence-electron chi connectivity index (χ2n) is 4.08. The van der Waals surface area contributed by atoms with Crippen molar-refractivity contribution in [1.82, 2.24) is 0 Å². The first-order chi connectivity index (χ1) is 8.27. The number of anilines is 1. The van der Waals surface area contributed by atoms with E-state index < -0.39 is 0 Å².